The molecule has 1 saturated heterocycles. The van der Waals surface area contributed by atoms with Crippen molar-refractivity contribution in [3.63, 3.8) is 0 Å². The first kappa shape index (κ1) is 6.43. The molecule has 0 amide bonds. The maximum atomic E-state index is 3.36. The lowest BCUT2D eigenvalue weighted by Crippen LogP contribution is -2.15. The molecule has 0 bridgehead atoms. The van der Waals surface area contributed by atoms with Crippen LogP contribution in [-0.2, 0) is 0 Å². The molecule has 1 heterocycles. The van der Waals surface area contributed by atoms with Gasteiger partial charge in [-0.05, 0) is 13.0 Å². The second-order valence-electron chi connectivity index (χ2n) is 2.22. The van der Waals surface area contributed by atoms with Crippen LogP contribution < -0.4 is 5.32 Å². The predicted molar refractivity (Wildman–Crippen MR) is 39.4 cm³/mol. The van der Waals surface area contributed by atoms with Crippen molar-refractivity contribution in [2.75, 3.05) is 18.8 Å². The zero-order valence-corrected chi connectivity index (χ0v) is 6.13. The maximum absolute atomic E-state index is 3.36. The van der Waals surface area contributed by atoms with Crippen LogP contribution in [0.5, 0.6) is 0 Å². The first-order valence-electron chi connectivity index (χ1n) is 3.22. The third kappa shape index (κ3) is 2.05. The van der Waals surface area contributed by atoms with Crippen molar-refractivity contribution < 1.29 is 0 Å². The molecule has 48 valence electrons. The lowest BCUT2D eigenvalue weighted by Gasteiger charge is -2.02. The Morgan fingerprint density at radius 3 is 3.25 bits per heavy atom. The molecule has 0 aromatic rings. The molecule has 1 unspecified atom stereocenters. The van der Waals surface area contributed by atoms with Gasteiger partial charge in [-0.3, -0.25) is 0 Å². The molecule has 1 aliphatic rings. The Morgan fingerprint density at radius 1 is 1.50 bits per heavy atom. The molecule has 1 nitrogen and oxygen atoms in total. The number of hydrogen-bond donors (Lipinski definition) is 1. The second-order valence-corrected chi connectivity index (χ2v) is 3.77. The molecule has 0 spiro atoms. The molecule has 2 heteroatoms. The van der Waals surface area contributed by atoms with Crippen LogP contribution >= 0.6 is 11.8 Å². The highest BCUT2D eigenvalue weighted by atomic mass is 32.2. The van der Waals surface area contributed by atoms with Crippen LogP contribution in [0.1, 0.15) is 13.3 Å². The van der Waals surface area contributed by atoms with E-state index in [1.54, 1.807) is 0 Å². The van der Waals surface area contributed by atoms with Crippen LogP contribution in [0.15, 0.2) is 0 Å². The zero-order valence-electron chi connectivity index (χ0n) is 5.31. The number of nitrogens with one attached hydrogen (secondary N) is 1. The number of rotatable bonds is 0. The van der Waals surface area contributed by atoms with Crippen molar-refractivity contribution in [2.24, 2.45) is 0 Å². The minimum Gasteiger partial charge on any atom is -0.316 e. The van der Waals surface area contributed by atoms with E-state index in [1.165, 1.54) is 25.3 Å². The van der Waals surface area contributed by atoms with E-state index < -0.39 is 0 Å². The fourth-order valence-corrected chi connectivity index (χ4v) is 1.80. The average molecular weight is 131 g/mol. The highest BCUT2D eigenvalue weighted by molar-refractivity contribution is 7.99. The fraction of sp³-hybridized carbons (Fsp3) is 1.00. The van der Waals surface area contributed by atoms with Gasteiger partial charge in [0, 0.05) is 17.5 Å². The van der Waals surface area contributed by atoms with E-state index >= 15 is 0 Å². The summed E-state index contributed by atoms with van der Waals surface area (Å²) in [6, 6.07) is 0. The van der Waals surface area contributed by atoms with Gasteiger partial charge in [0.2, 0.25) is 0 Å². The smallest absolute Gasteiger partial charge is 0.00607 e. The van der Waals surface area contributed by atoms with Gasteiger partial charge in [0.1, 0.15) is 0 Å². The van der Waals surface area contributed by atoms with Gasteiger partial charge in [-0.2, -0.15) is 11.8 Å². The molecule has 1 aliphatic heterocycles. The normalized spacial score (nSPS) is 31.9. The summed E-state index contributed by atoms with van der Waals surface area (Å²) in [6.07, 6.45) is 1.34. The lowest BCUT2D eigenvalue weighted by molar-refractivity contribution is 0.691. The standard InChI is InChI=1S/C6H13NS/c1-6-2-3-7-4-5-8-6/h6-7H,2-5H2,1H3. The first-order valence-corrected chi connectivity index (χ1v) is 4.27. The molecule has 1 rings (SSSR count). The molecule has 0 saturated carbocycles. The minimum absolute atomic E-state index is 0.880. The van der Waals surface area contributed by atoms with Gasteiger partial charge < -0.3 is 5.32 Å². The predicted octanol–water partition coefficient (Wildman–Crippen LogP) is 1.10. The fourth-order valence-electron chi connectivity index (χ4n) is 0.846. The zero-order chi connectivity index (χ0) is 5.82. The van der Waals surface area contributed by atoms with Gasteiger partial charge in [0.15, 0.2) is 0 Å². The van der Waals surface area contributed by atoms with Crippen molar-refractivity contribution in [2.45, 2.75) is 18.6 Å². The largest absolute Gasteiger partial charge is 0.316 e. The van der Waals surface area contributed by atoms with Crippen LogP contribution in [0.4, 0.5) is 0 Å². The van der Waals surface area contributed by atoms with Crippen LogP contribution in [0.3, 0.4) is 0 Å². The van der Waals surface area contributed by atoms with Gasteiger partial charge in [-0.25, -0.2) is 0 Å². The Labute approximate surface area is 55.2 Å². The van der Waals surface area contributed by atoms with E-state index in [-0.39, 0.29) is 0 Å². The molecule has 1 N–H and O–H groups in total. The van der Waals surface area contributed by atoms with E-state index in [9.17, 15) is 0 Å². The van der Waals surface area contributed by atoms with E-state index in [1.807, 2.05) is 0 Å². The third-order valence-corrected chi connectivity index (χ3v) is 2.65. The molecule has 0 aliphatic carbocycles. The summed E-state index contributed by atoms with van der Waals surface area (Å²) in [5.74, 6) is 1.29. The Hall–Kier alpha value is 0.310. The highest BCUT2D eigenvalue weighted by Crippen LogP contribution is 2.14. The Morgan fingerprint density at radius 2 is 2.38 bits per heavy atom. The first-order chi connectivity index (χ1) is 3.89. The summed E-state index contributed by atoms with van der Waals surface area (Å²) >= 11 is 2.08. The summed E-state index contributed by atoms with van der Waals surface area (Å²) in [7, 11) is 0. The SMILES string of the molecule is CC1CCNCCS1. The topological polar surface area (TPSA) is 12.0 Å². The van der Waals surface area contributed by atoms with Gasteiger partial charge in [-0.15, -0.1) is 0 Å². The molecule has 1 fully saturated rings. The monoisotopic (exact) mass is 131 g/mol. The van der Waals surface area contributed by atoms with Gasteiger partial charge >= 0.3 is 0 Å². The summed E-state index contributed by atoms with van der Waals surface area (Å²) in [6.45, 7) is 4.72. The van der Waals surface area contributed by atoms with Gasteiger partial charge in [-0.1, -0.05) is 6.92 Å². The molecular formula is C6H13NS. The molecular weight excluding hydrogens is 118 g/mol. The molecule has 8 heavy (non-hydrogen) atoms. The summed E-state index contributed by atoms with van der Waals surface area (Å²) in [4.78, 5) is 0. The third-order valence-electron chi connectivity index (χ3n) is 1.41. The van der Waals surface area contributed by atoms with Crippen molar-refractivity contribution in [3.8, 4) is 0 Å². The van der Waals surface area contributed by atoms with Crippen LogP contribution in [0.2, 0.25) is 0 Å². The quantitative estimate of drug-likeness (QED) is 0.528. The average Bonchev–Trinajstić information content (AvgIpc) is 1.94. The molecule has 0 radical (unpaired) electrons. The van der Waals surface area contributed by atoms with Crippen LogP contribution in [0.25, 0.3) is 0 Å². The lowest BCUT2D eigenvalue weighted by atomic mass is 10.3. The number of thioether (sulfide) groups is 1. The molecule has 0 aromatic carbocycles. The van der Waals surface area contributed by atoms with E-state index in [0.29, 0.717) is 0 Å². The van der Waals surface area contributed by atoms with Crippen molar-refractivity contribution >= 4 is 11.8 Å². The Kier molecular flexibility index (Phi) is 2.70. The van der Waals surface area contributed by atoms with Crippen LogP contribution in [-0.4, -0.2) is 24.1 Å². The summed E-state index contributed by atoms with van der Waals surface area (Å²) in [5, 5.41) is 4.24. The Balaban J connectivity index is 2.17. The molecule has 1 atom stereocenters. The summed E-state index contributed by atoms with van der Waals surface area (Å²) in [5.41, 5.74) is 0. The van der Waals surface area contributed by atoms with E-state index in [2.05, 4.69) is 24.0 Å². The van der Waals surface area contributed by atoms with E-state index in [4.69, 9.17) is 0 Å². The van der Waals surface area contributed by atoms with Crippen LogP contribution in [0, 0.1) is 0 Å². The second kappa shape index (κ2) is 3.36. The van der Waals surface area contributed by atoms with Crippen molar-refractivity contribution in [1.82, 2.24) is 5.32 Å². The van der Waals surface area contributed by atoms with E-state index in [0.717, 1.165) is 5.25 Å². The highest BCUT2D eigenvalue weighted by Gasteiger charge is 2.04. The van der Waals surface area contributed by atoms with Gasteiger partial charge in [0.05, 0.1) is 0 Å². The minimum atomic E-state index is 0.880. The van der Waals surface area contributed by atoms with Crippen molar-refractivity contribution in [1.29, 1.82) is 0 Å². The molecule has 0 aromatic heterocycles. The van der Waals surface area contributed by atoms with Gasteiger partial charge in [0.25, 0.3) is 0 Å². The summed E-state index contributed by atoms with van der Waals surface area (Å²) < 4.78 is 0. The Bertz CT molecular complexity index is 57.5. The maximum Gasteiger partial charge on any atom is 0.00607 e. The number of hydrogen-bond acceptors (Lipinski definition) is 2. The van der Waals surface area contributed by atoms with Crippen molar-refractivity contribution in [3.05, 3.63) is 0 Å².